The molecule has 1 aliphatic heterocycles. The van der Waals surface area contributed by atoms with Crippen molar-refractivity contribution in [3.8, 4) is 0 Å². The average molecular weight is 276 g/mol. The van der Waals surface area contributed by atoms with E-state index in [-0.39, 0.29) is 0 Å². The summed E-state index contributed by atoms with van der Waals surface area (Å²) in [5.74, 6) is 0.707. The maximum Gasteiger partial charge on any atom is 0.0524 e. The first-order valence-corrected chi connectivity index (χ1v) is 8.29. The van der Waals surface area contributed by atoms with Gasteiger partial charge in [-0.2, -0.15) is 0 Å². The third kappa shape index (κ3) is 1.56. The van der Waals surface area contributed by atoms with Gasteiger partial charge in [-0.05, 0) is 48.8 Å². The monoisotopic (exact) mass is 276 g/mol. The molecule has 0 N–H and O–H groups in total. The second-order valence-electron chi connectivity index (χ2n) is 6.66. The van der Waals surface area contributed by atoms with Gasteiger partial charge in [-0.25, -0.2) is 0 Å². The van der Waals surface area contributed by atoms with Crippen molar-refractivity contribution in [3.63, 3.8) is 0 Å². The summed E-state index contributed by atoms with van der Waals surface area (Å²) in [4.78, 5) is 4.39. The lowest BCUT2D eigenvalue weighted by molar-refractivity contribution is 0.290. The zero-order valence-electron chi connectivity index (χ0n) is 12.3. The normalized spacial score (nSPS) is 27.0. The van der Waals surface area contributed by atoms with Gasteiger partial charge in [0.15, 0.2) is 0 Å². The number of rotatable bonds is 0. The van der Waals surface area contributed by atoms with Crippen LogP contribution in [0.2, 0.25) is 0 Å². The van der Waals surface area contributed by atoms with E-state index < -0.39 is 0 Å². The Morgan fingerprint density at radius 3 is 3.14 bits per heavy atom. The Morgan fingerprint density at radius 1 is 1.19 bits per heavy atom. The summed E-state index contributed by atoms with van der Waals surface area (Å²) in [7, 11) is 0. The Kier molecular flexibility index (Phi) is 2.43. The SMILES string of the molecule is C1=C[C@H]2CCCC[C@@H]2n2c3c(c4cnccc42)CCC=C13. The molecular weight excluding hydrogens is 256 g/mol. The highest BCUT2D eigenvalue weighted by atomic mass is 15.0. The fourth-order valence-corrected chi connectivity index (χ4v) is 4.66. The summed E-state index contributed by atoms with van der Waals surface area (Å²) in [5, 5.41) is 1.39. The van der Waals surface area contributed by atoms with Crippen molar-refractivity contribution in [2.24, 2.45) is 5.92 Å². The smallest absolute Gasteiger partial charge is 0.0524 e. The number of aromatic nitrogens is 2. The molecule has 0 amide bonds. The van der Waals surface area contributed by atoms with Gasteiger partial charge < -0.3 is 4.57 Å². The van der Waals surface area contributed by atoms with E-state index in [0.717, 1.165) is 6.42 Å². The topological polar surface area (TPSA) is 17.8 Å². The predicted octanol–water partition coefficient (Wildman–Crippen LogP) is 4.67. The van der Waals surface area contributed by atoms with Gasteiger partial charge in [0.05, 0.1) is 11.2 Å². The van der Waals surface area contributed by atoms with Crippen LogP contribution in [-0.2, 0) is 6.42 Å². The highest BCUT2D eigenvalue weighted by Crippen LogP contribution is 2.45. The van der Waals surface area contributed by atoms with Crippen LogP contribution in [0.3, 0.4) is 0 Å². The minimum Gasteiger partial charge on any atom is -0.336 e. The third-order valence-electron chi connectivity index (χ3n) is 5.58. The van der Waals surface area contributed by atoms with Crippen molar-refractivity contribution in [1.29, 1.82) is 0 Å². The van der Waals surface area contributed by atoms with E-state index in [1.807, 2.05) is 6.20 Å². The fourth-order valence-electron chi connectivity index (χ4n) is 4.66. The molecule has 2 aromatic rings. The highest BCUT2D eigenvalue weighted by molar-refractivity contribution is 5.92. The lowest BCUT2D eigenvalue weighted by atomic mass is 9.84. The van der Waals surface area contributed by atoms with Crippen LogP contribution in [-0.4, -0.2) is 9.55 Å². The molecule has 0 radical (unpaired) electrons. The number of allylic oxidation sites excluding steroid dienone is 4. The summed E-state index contributed by atoms with van der Waals surface area (Å²) in [6, 6.07) is 2.87. The van der Waals surface area contributed by atoms with E-state index in [1.165, 1.54) is 59.8 Å². The second-order valence-corrected chi connectivity index (χ2v) is 6.66. The molecule has 2 heteroatoms. The zero-order valence-corrected chi connectivity index (χ0v) is 12.3. The molecule has 2 aliphatic carbocycles. The number of nitrogens with zero attached hydrogens (tertiary/aromatic N) is 2. The molecule has 2 nitrogen and oxygen atoms in total. The molecule has 0 bridgehead atoms. The number of hydrogen-bond donors (Lipinski definition) is 0. The van der Waals surface area contributed by atoms with Crippen LogP contribution in [0.4, 0.5) is 0 Å². The second kappa shape index (κ2) is 4.33. The zero-order chi connectivity index (χ0) is 13.8. The van der Waals surface area contributed by atoms with Gasteiger partial charge >= 0.3 is 0 Å². The van der Waals surface area contributed by atoms with Crippen LogP contribution < -0.4 is 0 Å². The van der Waals surface area contributed by atoms with Gasteiger partial charge in [0, 0.05) is 23.8 Å². The predicted molar refractivity (Wildman–Crippen MR) is 86.2 cm³/mol. The first-order chi connectivity index (χ1) is 10.4. The molecule has 5 rings (SSSR count). The Balaban J connectivity index is 1.88. The number of fused-ring (bicyclic) bond motifs is 5. The summed E-state index contributed by atoms with van der Waals surface area (Å²) >= 11 is 0. The molecule has 1 fully saturated rings. The Hall–Kier alpha value is -1.83. The van der Waals surface area contributed by atoms with Crippen molar-refractivity contribution < 1.29 is 0 Å². The molecule has 0 spiro atoms. The van der Waals surface area contributed by atoms with Crippen molar-refractivity contribution in [2.45, 2.75) is 44.6 Å². The number of pyridine rings is 1. The largest absolute Gasteiger partial charge is 0.336 e. The molecule has 2 atom stereocenters. The first-order valence-electron chi connectivity index (χ1n) is 8.29. The minimum atomic E-state index is 0.646. The summed E-state index contributed by atoms with van der Waals surface area (Å²) in [5.41, 5.74) is 5.88. The summed E-state index contributed by atoms with van der Waals surface area (Å²) in [6.45, 7) is 0. The van der Waals surface area contributed by atoms with E-state index in [0.29, 0.717) is 12.0 Å². The Labute approximate surface area is 125 Å². The standard InChI is InChI=1S/C19H20N2/c1-2-7-17-13(4-1)8-9-14-5-3-6-15-16-12-20-11-10-18(16)21(17)19(14)15/h5,8-13,17H,1-4,6-7H2/t13-,17+/m1/s1. The van der Waals surface area contributed by atoms with Crippen molar-refractivity contribution in [1.82, 2.24) is 9.55 Å². The van der Waals surface area contributed by atoms with Crippen LogP contribution in [0.5, 0.6) is 0 Å². The minimum absolute atomic E-state index is 0.646. The Morgan fingerprint density at radius 2 is 2.14 bits per heavy atom. The lowest BCUT2D eigenvalue weighted by Crippen LogP contribution is -2.22. The number of hydrogen-bond acceptors (Lipinski definition) is 1. The van der Waals surface area contributed by atoms with Crippen molar-refractivity contribution in [2.75, 3.05) is 0 Å². The molecular formula is C19H20N2. The molecule has 0 unspecified atom stereocenters. The van der Waals surface area contributed by atoms with Crippen LogP contribution in [0, 0.1) is 5.92 Å². The molecule has 1 saturated carbocycles. The van der Waals surface area contributed by atoms with Crippen molar-refractivity contribution in [3.05, 3.63) is 47.9 Å². The number of aryl methyl sites for hydroxylation is 1. The average Bonchev–Trinajstić information content (AvgIpc) is 2.78. The molecule has 21 heavy (non-hydrogen) atoms. The first kappa shape index (κ1) is 11.8. The quantitative estimate of drug-likeness (QED) is 0.684. The van der Waals surface area contributed by atoms with E-state index in [4.69, 9.17) is 0 Å². The van der Waals surface area contributed by atoms with Crippen molar-refractivity contribution >= 4 is 16.5 Å². The van der Waals surface area contributed by atoms with Gasteiger partial charge in [-0.3, -0.25) is 4.98 Å². The van der Waals surface area contributed by atoms with Gasteiger partial charge in [-0.15, -0.1) is 0 Å². The van der Waals surface area contributed by atoms with Gasteiger partial charge in [0.2, 0.25) is 0 Å². The molecule has 106 valence electrons. The summed E-state index contributed by atoms with van der Waals surface area (Å²) in [6.07, 6.45) is 19.1. The maximum absolute atomic E-state index is 4.39. The third-order valence-corrected chi connectivity index (χ3v) is 5.58. The molecule has 0 saturated heterocycles. The summed E-state index contributed by atoms with van der Waals surface area (Å²) < 4.78 is 2.67. The maximum atomic E-state index is 4.39. The van der Waals surface area contributed by atoms with Crippen LogP contribution in [0.1, 0.15) is 49.4 Å². The van der Waals surface area contributed by atoms with E-state index in [1.54, 1.807) is 0 Å². The van der Waals surface area contributed by atoms with Crippen LogP contribution in [0.25, 0.3) is 16.5 Å². The van der Waals surface area contributed by atoms with Gasteiger partial charge in [-0.1, -0.05) is 31.1 Å². The van der Waals surface area contributed by atoms with E-state index >= 15 is 0 Å². The highest BCUT2D eigenvalue weighted by Gasteiger charge is 2.32. The molecule has 3 heterocycles. The van der Waals surface area contributed by atoms with E-state index in [9.17, 15) is 0 Å². The van der Waals surface area contributed by atoms with Crippen LogP contribution >= 0.6 is 0 Å². The lowest BCUT2D eigenvalue weighted by Gasteiger charge is -2.31. The molecule has 3 aliphatic rings. The molecule has 2 aromatic heterocycles. The van der Waals surface area contributed by atoms with Gasteiger partial charge in [0.25, 0.3) is 0 Å². The Bertz CT molecular complexity index is 778. The van der Waals surface area contributed by atoms with E-state index in [2.05, 4.69) is 40.0 Å². The fraction of sp³-hybridized carbons (Fsp3) is 0.421. The van der Waals surface area contributed by atoms with Gasteiger partial charge in [0.1, 0.15) is 0 Å². The molecule has 0 aromatic carbocycles. The van der Waals surface area contributed by atoms with Crippen LogP contribution in [0.15, 0.2) is 36.7 Å².